The van der Waals surface area contributed by atoms with Gasteiger partial charge in [0.25, 0.3) is 5.91 Å². The number of amides is 1. The largest absolute Gasteiger partial charge is 0.395 e. The Kier molecular flexibility index (Phi) is 10.5. The summed E-state index contributed by atoms with van der Waals surface area (Å²) in [5.74, 6) is -0.728. The first-order valence-electron chi connectivity index (χ1n) is 12.8. The van der Waals surface area contributed by atoms with Crippen LogP contribution in [0, 0.1) is 5.82 Å². The Hall–Kier alpha value is -4.87. The molecule has 0 atom stereocenters. The number of benzene rings is 3. The Morgan fingerprint density at radius 3 is 2.50 bits per heavy atom. The zero-order valence-corrected chi connectivity index (χ0v) is 21.8. The van der Waals surface area contributed by atoms with Gasteiger partial charge in [0.15, 0.2) is 11.6 Å². The van der Waals surface area contributed by atoms with Crippen LogP contribution in [0.15, 0.2) is 90.1 Å². The zero-order valence-electron chi connectivity index (χ0n) is 21.8. The molecule has 4 rings (SSSR count). The topological polar surface area (TPSA) is 136 Å². The summed E-state index contributed by atoms with van der Waals surface area (Å²) < 4.78 is 14.4. The summed E-state index contributed by atoms with van der Waals surface area (Å²) in [4.78, 5) is 24.6. The molecule has 3 aromatic carbocycles. The minimum Gasteiger partial charge on any atom is -0.395 e. The van der Waals surface area contributed by atoms with Crippen molar-refractivity contribution >= 4 is 46.6 Å². The number of rotatable bonds is 14. The van der Waals surface area contributed by atoms with Crippen LogP contribution in [-0.4, -0.2) is 53.4 Å². The van der Waals surface area contributed by atoms with Gasteiger partial charge in [-0.15, -0.1) is 0 Å². The number of aromatic nitrogens is 2. The molecule has 1 amide bonds. The molecule has 6 N–H and O–H groups in total. The molecule has 40 heavy (non-hydrogen) atoms. The van der Waals surface area contributed by atoms with E-state index in [1.807, 2.05) is 36.4 Å². The third-order valence-corrected chi connectivity index (χ3v) is 5.52. The molecule has 0 bridgehead atoms. The van der Waals surface area contributed by atoms with Gasteiger partial charge in [-0.3, -0.25) is 9.79 Å². The van der Waals surface area contributed by atoms with E-state index in [0.717, 1.165) is 18.4 Å². The number of carbonyl (C=O) groups excluding carboxylic acids is 1. The number of aliphatic imine (C=N–C) groups is 1. The van der Waals surface area contributed by atoms with Gasteiger partial charge in [0, 0.05) is 43.2 Å². The molecular weight excluding hydrogens is 511 g/mol. The lowest BCUT2D eigenvalue weighted by Gasteiger charge is -2.11. The summed E-state index contributed by atoms with van der Waals surface area (Å²) in [6.45, 7) is 2.24. The maximum Gasteiger partial charge on any atom is 0.262 e. The van der Waals surface area contributed by atoms with Crippen LogP contribution in [0.5, 0.6) is 0 Å². The Morgan fingerprint density at radius 1 is 0.900 bits per heavy atom. The Morgan fingerprint density at radius 2 is 1.68 bits per heavy atom. The summed E-state index contributed by atoms with van der Waals surface area (Å²) in [6, 6.07) is 24.3. The fourth-order valence-electron chi connectivity index (χ4n) is 3.63. The highest BCUT2D eigenvalue weighted by Gasteiger charge is 2.09. The third-order valence-electron chi connectivity index (χ3n) is 5.52. The number of nitrogens with zero attached hydrogens (tertiary/aromatic N) is 3. The highest BCUT2D eigenvalue weighted by atomic mass is 19.1. The first-order chi connectivity index (χ1) is 19.6. The second-order valence-corrected chi connectivity index (χ2v) is 8.63. The van der Waals surface area contributed by atoms with E-state index in [1.54, 1.807) is 42.5 Å². The number of hydrogen-bond donors (Lipinski definition) is 6. The number of nitrogens with one attached hydrogen (secondary N) is 5. The van der Waals surface area contributed by atoms with Crippen LogP contribution >= 0.6 is 0 Å². The molecule has 11 heteroatoms. The van der Waals surface area contributed by atoms with E-state index in [0.29, 0.717) is 36.7 Å². The predicted molar refractivity (Wildman–Crippen MR) is 156 cm³/mol. The molecule has 0 radical (unpaired) electrons. The maximum absolute atomic E-state index is 14.4. The number of aliphatic hydroxyl groups is 1. The summed E-state index contributed by atoms with van der Waals surface area (Å²) in [7, 11) is 0. The van der Waals surface area contributed by atoms with E-state index in [1.165, 1.54) is 11.8 Å². The van der Waals surface area contributed by atoms with E-state index in [-0.39, 0.29) is 24.3 Å². The molecule has 1 aromatic heterocycles. The fourth-order valence-corrected chi connectivity index (χ4v) is 3.63. The molecule has 10 nitrogen and oxygen atoms in total. The molecule has 0 aliphatic carbocycles. The Bertz CT molecular complexity index is 1420. The second-order valence-electron chi connectivity index (χ2n) is 8.63. The van der Waals surface area contributed by atoms with Crippen molar-refractivity contribution in [2.75, 3.05) is 42.2 Å². The van der Waals surface area contributed by atoms with Crippen molar-refractivity contribution < 1.29 is 14.3 Å². The van der Waals surface area contributed by atoms with E-state index >= 15 is 0 Å². The number of carbonyl (C=O) groups is 1. The SMILES string of the molecule is O=C(C=Nc1cccc(Nc2ncc(F)c(Nc3cccc(NCCO)c3)n2)c1)NCCNCc1ccccc1. The van der Waals surface area contributed by atoms with Crippen LogP contribution in [0.25, 0.3) is 0 Å². The van der Waals surface area contributed by atoms with Gasteiger partial charge in [-0.1, -0.05) is 42.5 Å². The van der Waals surface area contributed by atoms with Crippen molar-refractivity contribution in [3.05, 3.63) is 96.4 Å². The lowest BCUT2D eigenvalue weighted by molar-refractivity contribution is -0.114. The van der Waals surface area contributed by atoms with Crippen molar-refractivity contribution in [3.8, 4) is 0 Å². The van der Waals surface area contributed by atoms with Gasteiger partial charge in [-0.2, -0.15) is 4.98 Å². The van der Waals surface area contributed by atoms with Gasteiger partial charge in [0.05, 0.1) is 24.7 Å². The molecule has 0 fully saturated rings. The minimum absolute atomic E-state index is 0.000219. The predicted octanol–water partition coefficient (Wildman–Crippen LogP) is 4.12. The van der Waals surface area contributed by atoms with E-state index in [9.17, 15) is 9.18 Å². The van der Waals surface area contributed by atoms with Gasteiger partial charge >= 0.3 is 0 Å². The fraction of sp³-hybridized carbons (Fsp3) is 0.172. The molecule has 0 saturated carbocycles. The minimum atomic E-state index is -0.612. The molecule has 0 saturated heterocycles. The van der Waals surface area contributed by atoms with Gasteiger partial charge in [0.2, 0.25) is 5.95 Å². The molecular formula is C29H31FN8O2. The molecule has 0 aliphatic heterocycles. The number of anilines is 5. The zero-order chi connectivity index (χ0) is 28.0. The van der Waals surface area contributed by atoms with Crippen LogP contribution in [0.4, 0.5) is 38.9 Å². The first kappa shape index (κ1) is 28.1. The monoisotopic (exact) mass is 542 g/mol. The van der Waals surface area contributed by atoms with Gasteiger partial charge in [-0.05, 0) is 42.0 Å². The van der Waals surface area contributed by atoms with E-state index in [2.05, 4.69) is 41.5 Å². The molecule has 1 heterocycles. The van der Waals surface area contributed by atoms with Gasteiger partial charge in [-0.25, -0.2) is 9.37 Å². The summed E-state index contributed by atoms with van der Waals surface area (Å²) in [5.41, 5.74) is 3.74. The van der Waals surface area contributed by atoms with Crippen LogP contribution in [-0.2, 0) is 11.3 Å². The third kappa shape index (κ3) is 9.15. The highest BCUT2D eigenvalue weighted by molar-refractivity contribution is 6.26. The maximum atomic E-state index is 14.4. The lowest BCUT2D eigenvalue weighted by atomic mass is 10.2. The number of aliphatic hydroxyl groups excluding tert-OH is 1. The normalized spacial score (nSPS) is 10.8. The van der Waals surface area contributed by atoms with Gasteiger partial charge in [0.1, 0.15) is 0 Å². The summed E-state index contributed by atoms with van der Waals surface area (Å²) >= 11 is 0. The van der Waals surface area contributed by atoms with E-state index < -0.39 is 5.82 Å². The first-order valence-corrected chi connectivity index (χ1v) is 12.8. The summed E-state index contributed by atoms with van der Waals surface area (Å²) in [6.07, 6.45) is 2.31. The average Bonchev–Trinajstić information content (AvgIpc) is 2.97. The molecule has 0 unspecified atom stereocenters. The Labute approximate surface area is 231 Å². The van der Waals surface area contributed by atoms with Crippen LogP contribution < -0.4 is 26.6 Å². The van der Waals surface area contributed by atoms with Crippen LogP contribution in [0.2, 0.25) is 0 Å². The van der Waals surface area contributed by atoms with Crippen molar-refractivity contribution in [1.82, 2.24) is 20.6 Å². The molecule has 0 spiro atoms. The van der Waals surface area contributed by atoms with Gasteiger partial charge < -0.3 is 31.7 Å². The molecule has 0 aliphatic rings. The second kappa shape index (κ2) is 14.9. The highest BCUT2D eigenvalue weighted by Crippen LogP contribution is 2.24. The smallest absolute Gasteiger partial charge is 0.262 e. The van der Waals surface area contributed by atoms with E-state index in [4.69, 9.17) is 5.11 Å². The van der Waals surface area contributed by atoms with Crippen molar-refractivity contribution in [2.45, 2.75) is 6.54 Å². The van der Waals surface area contributed by atoms with Crippen molar-refractivity contribution in [3.63, 3.8) is 0 Å². The lowest BCUT2D eigenvalue weighted by Crippen LogP contribution is -2.32. The average molecular weight is 543 g/mol. The van der Waals surface area contributed by atoms with Crippen molar-refractivity contribution in [2.24, 2.45) is 4.99 Å². The summed E-state index contributed by atoms with van der Waals surface area (Å²) in [5, 5.41) is 24.1. The Balaban J connectivity index is 1.29. The van der Waals surface area contributed by atoms with Crippen LogP contribution in [0.1, 0.15) is 5.56 Å². The standard InChI is InChI=1S/C29H31FN8O2/c30-26-19-35-29(38-28(26)36-24-10-4-8-22(16-24)32-14-15-39)37-25-11-5-9-23(17-25)34-20-27(40)33-13-12-31-18-21-6-2-1-3-7-21/h1-11,16-17,19-20,31-32,39H,12-15,18H2,(H,33,40)(H2,35,36,37,38). The number of halogens is 1. The van der Waals surface area contributed by atoms with Crippen LogP contribution in [0.3, 0.4) is 0 Å². The number of hydrogen-bond acceptors (Lipinski definition) is 9. The quantitative estimate of drug-likeness (QED) is 0.104. The van der Waals surface area contributed by atoms with Crippen molar-refractivity contribution in [1.29, 1.82) is 0 Å². The molecule has 206 valence electrons. The molecule has 4 aromatic rings.